The van der Waals surface area contributed by atoms with Crippen LogP contribution in [0.4, 0.5) is 0 Å². The number of hydrogen-bond donors (Lipinski definition) is 1. The summed E-state index contributed by atoms with van der Waals surface area (Å²) in [5.41, 5.74) is 0. The van der Waals surface area contributed by atoms with Gasteiger partial charge in [-0.05, 0) is 39.0 Å². The Morgan fingerprint density at radius 1 is 1.60 bits per heavy atom. The van der Waals surface area contributed by atoms with Gasteiger partial charge in [0, 0.05) is 18.7 Å². The Kier molecular flexibility index (Phi) is 5.96. The van der Waals surface area contributed by atoms with E-state index in [1.807, 2.05) is 6.08 Å². The molecule has 0 unspecified atom stereocenters. The molecule has 0 amide bonds. The van der Waals surface area contributed by atoms with E-state index >= 15 is 0 Å². The molecule has 1 heterocycles. The first-order valence-electron chi connectivity index (χ1n) is 6.26. The molecule has 88 valence electrons. The Balaban J connectivity index is 2.26. The Labute approximate surface area is 94.1 Å². The van der Waals surface area contributed by atoms with Gasteiger partial charge in [0.25, 0.3) is 0 Å². The number of nitrogens with one attached hydrogen (secondary N) is 1. The minimum absolute atomic E-state index is 0.433. The molecule has 3 atom stereocenters. The molecule has 0 aromatic carbocycles. The van der Waals surface area contributed by atoms with Gasteiger partial charge in [-0.15, -0.1) is 6.58 Å². The quantitative estimate of drug-likeness (QED) is 0.654. The zero-order chi connectivity index (χ0) is 11.1. The molecule has 1 aliphatic heterocycles. The number of allylic oxidation sites excluding steroid dienone is 1. The summed E-state index contributed by atoms with van der Waals surface area (Å²) in [6.45, 7) is 9.20. The minimum Gasteiger partial charge on any atom is -0.377 e. The molecule has 2 nitrogen and oxygen atoms in total. The van der Waals surface area contributed by atoms with Crippen LogP contribution in [0.2, 0.25) is 0 Å². The van der Waals surface area contributed by atoms with E-state index in [9.17, 15) is 0 Å². The molecule has 1 aliphatic rings. The lowest BCUT2D eigenvalue weighted by Gasteiger charge is -2.25. The predicted octanol–water partition coefficient (Wildman–Crippen LogP) is 2.89. The third kappa shape index (κ3) is 4.35. The molecule has 1 fully saturated rings. The Morgan fingerprint density at radius 2 is 2.40 bits per heavy atom. The van der Waals surface area contributed by atoms with Crippen LogP contribution in [0, 0.1) is 0 Å². The van der Waals surface area contributed by atoms with Gasteiger partial charge in [0.05, 0.1) is 6.10 Å². The molecule has 0 spiro atoms. The number of ether oxygens (including phenoxy) is 1. The Hall–Kier alpha value is -0.340. The molecule has 15 heavy (non-hydrogen) atoms. The van der Waals surface area contributed by atoms with E-state index in [1.165, 1.54) is 25.7 Å². The maximum absolute atomic E-state index is 5.68. The highest BCUT2D eigenvalue weighted by Gasteiger charge is 2.23. The summed E-state index contributed by atoms with van der Waals surface area (Å²) in [6.07, 6.45) is 8.35. The lowest BCUT2D eigenvalue weighted by Crippen LogP contribution is -2.43. The van der Waals surface area contributed by atoms with Crippen LogP contribution in [0.25, 0.3) is 0 Å². The SMILES string of the molecule is C=CCC[C@H](CC)N[C@@H](C)[C@@H]1CCCO1. The van der Waals surface area contributed by atoms with Gasteiger partial charge in [-0.3, -0.25) is 0 Å². The number of hydrogen-bond acceptors (Lipinski definition) is 2. The van der Waals surface area contributed by atoms with Crippen LogP contribution in [-0.4, -0.2) is 24.8 Å². The Morgan fingerprint density at radius 3 is 2.93 bits per heavy atom. The van der Waals surface area contributed by atoms with Crippen molar-refractivity contribution in [3.05, 3.63) is 12.7 Å². The Bertz CT molecular complexity index is 175. The van der Waals surface area contributed by atoms with Crippen LogP contribution < -0.4 is 5.32 Å². The van der Waals surface area contributed by atoms with Gasteiger partial charge in [-0.25, -0.2) is 0 Å². The van der Waals surface area contributed by atoms with Gasteiger partial charge < -0.3 is 10.1 Å². The summed E-state index contributed by atoms with van der Waals surface area (Å²) < 4.78 is 5.68. The van der Waals surface area contributed by atoms with Gasteiger partial charge in [0.1, 0.15) is 0 Å². The monoisotopic (exact) mass is 211 g/mol. The fraction of sp³-hybridized carbons (Fsp3) is 0.846. The van der Waals surface area contributed by atoms with Crippen LogP contribution in [0.15, 0.2) is 12.7 Å². The average molecular weight is 211 g/mol. The molecule has 1 rings (SSSR count). The molecule has 0 aromatic heterocycles. The van der Waals surface area contributed by atoms with Crippen LogP contribution in [-0.2, 0) is 4.74 Å². The second-order valence-corrected chi connectivity index (χ2v) is 4.48. The van der Waals surface area contributed by atoms with E-state index in [0.717, 1.165) is 13.0 Å². The van der Waals surface area contributed by atoms with Crippen LogP contribution >= 0.6 is 0 Å². The third-order valence-electron chi connectivity index (χ3n) is 3.23. The van der Waals surface area contributed by atoms with Crippen molar-refractivity contribution in [1.82, 2.24) is 5.32 Å². The predicted molar refractivity (Wildman–Crippen MR) is 65.1 cm³/mol. The smallest absolute Gasteiger partial charge is 0.0726 e. The summed E-state index contributed by atoms with van der Waals surface area (Å²) >= 11 is 0. The molecular formula is C13H25NO. The van der Waals surface area contributed by atoms with E-state index in [-0.39, 0.29) is 0 Å². The molecule has 0 saturated carbocycles. The normalized spacial score (nSPS) is 25.1. The van der Waals surface area contributed by atoms with Gasteiger partial charge in [0.15, 0.2) is 0 Å². The van der Waals surface area contributed by atoms with Gasteiger partial charge in [-0.1, -0.05) is 13.0 Å². The van der Waals surface area contributed by atoms with Gasteiger partial charge in [-0.2, -0.15) is 0 Å². The summed E-state index contributed by atoms with van der Waals surface area (Å²) in [4.78, 5) is 0. The van der Waals surface area contributed by atoms with Crippen molar-refractivity contribution in [1.29, 1.82) is 0 Å². The first kappa shape index (κ1) is 12.7. The third-order valence-corrected chi connectivity index (χ3v) is 3.23. The molecule has 1 N–H and O–H groups in total. The summed E-state index contributed by atoms with van der Waals surface area (Å²) in [7, 11) is 0. The van der Waals surface area contributed by atoms with Crippen molar-refractivity contribution >= 4 is 0 Å². The van der Waals surface area contributed by atoms with Crippen molar-refractivity contribution in [2.45, 2.75) is 64.1 Å². The topological polar surface area (TPSA) is 21.3 Å². The molecule has 0 bridgehead atoms. The summed E-state index contributed by atoms with van der Waals surface area (Å²) in [5.74, 6) is 0. The van der Waals surface area contributed by atoms with Crippen LogP contribution in [0.3, 0.4) is 0 Å². The van der Waals surface area contributed by atoms with Crippen molar-refractivity contribution < 1.29 is 4.74 Å². The molecule has 0 radical (unpaired) electrons. The largest absolute Gasteiger partial charge is 0.377 e. The van der Waals surface area contributed by atoms with Crippen molar-refractivity contribution in [3.8, 4) is 0 Å². The van der Waals surface area contributed by atoms with Crippen molar-refractivity contribution in [2.75, 3.05) is 6.61 Å². The van der Waals surface area contributed by atoms with Crippen molar-refractivity contribution in [2.24, 2.45) is 0 Å². The van der Waals surface area contributed by atoms with Gasteiger partial charge >= 0.3 is 0 Å². The highest BCUT2D eigenvalue weighted by molar-refractivity contribution is 4.81. The highest BCUT2D eigenvalue weighted by atomic mass is 16.5. The zero-order valence-electron chi connectivity index (χ0n) is 10.2. The first-order chi connectivity index (χ1) is 7.27. The maximum atomic E-state index is 5.68. The molecule has 1 saturated heterocycles. The number of rotatable bonds is 7. The lowest BCUT2D eigenvalue weighted by atomic mass is 10.0. The lowest BCUT2D eigenvalue weighted by molar-refractivity contribution is 0.0790. The zero-order valence-corrected chi connectivity index (χ0v) is 10.2. The van der Waals surface area contributed by atoms with E-state index < -0.39 is 0 Å². The fourth-order valence-electron chi connectivity index (χ4n) is 2.20. The second kappa shape index (κ2) is 7.02. The standard InChI is InChI=1S/C13H25NO/c1-4-6-8-12(5-2)14-11(3)13-9-7-10-15-13/h4,11-14H,1,5-10H2,2-3H3/t11-,12-,13-/m0/s1. The van der Waals surface area contributed by atoms with E-state index in [0.29, 0.717) is 18.2 Å². The van der Waals surface area contributed by atoms with E-state index in [1.54, 1.807) is 0 Å². The molecular weight excluding hydrogens is 186 g/mol. The first-order valence-corrected chi connectivity index (χ1v) is 6.26. The van der Waals surface area contributed by atoms with E-state index in [2.05, 4.69) is 25.7 Å². The fourth-order valence-corrected chi connectivity index (χ4v) is 2.20. The van der Waals surface area contributed by atoms with Gasteiger partial charge in [0.2, 0.25) is 0 Å². The second-order valence-electron chi connectivity index (χ2n) is 4.48. The summed E-state index contributed by atoms with van der Waals surface area (Å²) in [5, 5.41) is 3.67. The maximum Gasteiger partial charge on any atom is 0.0726 e. The van der Waals surface area contributed by atoms with Crippen LogP contribution in [0.1, 0.15) is 46.0 Å². The molecule has 0 aromatic rings. The minimum atomic E-state index is 0.433. The van der Waals surface area contributed by atoms with E-state index in [4.69, 9.17) is 4.74 Å². The van der Waals surface area contributed by atoms with Crippen LogP contribution in [0.5, 0.6) is 0 Å². The highest BCUT2D eigenvalue weighted by Crippen LogP contribution is 2.16. The molecule has 0 aliphatic carbocycles. The average Bonchev–Trinajstić information content (AvgIpc) is 2.77. The van der Waals surface area contributed by atoms with Crippen molar-refractivity contribution in [3.63, 3.8) is 0 Å². The summed E-state index contributed by atoms with van der Waals surface area (Å²) in [6, 6.07) is 1.10. The molecule has 2 heteroatoms.